The molecule has 0 heterocycles. The second-order valence-electron chi connectivity index (χ2n) is 4.23. The van der Waals surface area contributed by atoms with E-state index in [1.165, 1.54) is 0 Å². The molecule has 1 atom stereocenters. The lowest BCUT2D eigenvalue weighted by atomic mass is 10.1. The lowest BCUT2D eigenvalue weighted by Gasteiger charge is -2.15. The van der Waals surface area contributed by atoms with Gasteiger partial charge in [0.2, 0.25) is 5.91 Å². The van der Waals surface area contributed by atoms with Crippen LogP contribution >= 0.6 is 0 Å². The Balaban J connectivity index is 2.59. The predicted octanol–water partition coefficient (Wildman–Crippen LogP) is 1.51. The standard InChI is InChI=1S/C13H17N3O2/c1-9(2)12(15)13(17)16-10-3-5-11(6-4-10)18-8-7-14/h3-6,9,12H,8,15H2,1-2H3,(H,16,17)/t12-/m0/s1. The maximum absolute atomic E-state index is 11.7. The molecule has 3 N–H and O–H groups in total. The molecule has 0 fully saturated rings. The molecular weight excluding hydrogens is 230 g/mol. The fourth-order valence-electron chi connectivity index (χ4n) is 1.28. The quantitative estimate of drug-likeness (QED) is 0.825. The van der Waals surface area contributed by atoms with Gasteiger partial charge in [0.25, 0.3) is 0 Å². The largest absolute Gasteiger partial charge is 0.479 e. The van der Waals surface area contributed by atoms with Crippen LogP contribution in [0.3, 0.4) is 0 Å². The van der Waals surface area contributed by atoms with Crippen molar-refractivity contribution in [1.82, 2.24) is 0 Å². The Hall–Kier alpha value is -2.06. The number of ether oxygens (including phenoxy) is 1. The van der Waals surface area contributed by atoms with E-state index >= 15 is 0 Å². The molecule has 5 heteroatoms. The van der Waals surface area contributed by atoms with Gasteiger partial charge in [-0.3, -0.25) is 4.79 Å². The van der Waals surface area contributed by atoms with E-state index in [1.807, 2.05) is 19.9 Å². The van der Waals surface area contributed by atoms with Gasteiger partial charge in [-0.05, 0) is 30.2 Å². The highest BCUT2D eigenvalue weighted by Crippen LogP contribution is 2.16. The smallest absolute Gasteiger partial charge is 0.241 e. The molecule has 1 amide bonds. The SMILES string of the molecule is CC(C)[C@H](N)C(=O)Nc1ccc(OCC#N)cc1. The second kappa shape index (κ2) is 6.62. The van der Waals surface area contributed by atoms with Crippen LogP contribution in [0.1, 0.15) is 13.8 Å². The first-order valence-electron chi connectivity index (χ1n) is 5.71. The van der Waals surface area contributed by atoms with Gasteiger partial charge < -0.3 is 15.8 Å². The van der Waals surface area contributed by atoms with Crippen molar-refractivity contribution in [2.24, 2.45) is 11.7 Å². The zero-order chi connectivity index (χ0) is 13.5. The van der Waals surface area contributed by atoms with E-state index in [9.17, 15) is 4.79 Å². The number of nitrogens with two attached hydrogens (primary N) is 1. The van der Waals surface area contributed by atoms with Crippen molar-refractivity contribution in [2.45, 2.75) is 19.9 Å². The van der Waals surface area contributed by atoms with Gasteiger partial charge in [0.1, 0.15) is 11.8 Å². The molecule has 1 aromatic carbocycles. The number of carbonyl (C=O) groups excluding carboxylic acids is 1. The van der Waals surface area contributed by atoms with Gasteiger partial charge in [0.05, 0.1) is 6.04 Å². The predicted molar refractivity (Wildman–Crippen MR) is 69.0 cm³/mol. The molecule has 0 aliphatic heterocycles. The topological polar surface area (TPSA) is 88.1 Å². The Morgan fingerprint density at radius 1 is 1.44 bits per heavy atom. The van der Waals surface area contributed by atoms with Crippen LogP contribution < -0.4 is 15.8 Å². The fraction of sp³-hybridized carbons (Fsp3) is 0.385. The molecule has 0 radical (unpaired) electrons. The van der Waals surface area contributed by atoms with Crippen molar-refractivity contribution in [3.05, 3.63) is 24.3 Å². The number of hydrogen-bond acceptors (Lipinski definition) is 4. The monoisotopic (exact) mass is 247 g/mol. The molecule has 0 aromatic heterocycles. The first kappa shape index (κ1) is 14.0. The van der Waals surface area contributed by atoms with Crippen LogP contribution in [0.4, 0.5) is 5.69 Å². The van der Waals surface area contributed by atoms with Crippen molar-refractivity contribution in [1.29, 1.82) is 5.26 Å². The highest BCUT2D eigenvalue weighted by molar-refractivity contribution is 5.94. The molecule has 1 rings (SSSR count). The number of nitrogens with one attached hydrogen (secondary N) is 1. The van der Waals surface area contributed by atoms with Gasteiger partial charge >= 0.3 is 0 Å². The van der Waals surface area contributed by atoms with Gasteiger partial charge in [-0.1, -0.05) is 13.8 Å². The summed E-state index contributed by atoms with van der Waals surface area (Å²) in [7, 11) is 0. The van der Waals surface area contributed by atoms with Crippen LogP contribution in [0.15, 0.2) is 24.3 Å². The summed E-state index contributed by atoms with van der Waals surface area (Å²) in [6, 6.07) is 8.14. The molecule has 0 bridgehead atoms. The minimum atomic E-state index is -0.528. The first-order valence-corrected chi connectivity index (χ1v) is 5.71. The first-order chi connectivity index (χ1) is 8.54. The van der Waals surface area contributed by atoms with Crippen LogP contribution in [0.25, 0.3) is 0 Å². The highest BCUT2D eigenvalue weighted by atomic mass is 16.5. The summed E-state index contributed by atoms with van der Waals surface area (Å²) in [5.74, 6) is 0.460. The van der Waals surface area contributed by atoms with Crippen molar-refractivity contribution in [3.8, 4) is 11.8 Å². The molecule has 0 saturated carbocycles. The number of hydrogen-bond donors (Lipinski definition) is 2. The van der Waals surface area contributed by atoms with Crippen molar-refractivity contribution in [3.63, 3.8) is 0 Å². The van der Waals surface area contributed by atoms with Gasteiger partial charge in [-0.25, -0.2) is 0 Å². The van der Waals surface area contributed by atoms with Crippen LogP contribution in [0.2, 0.25) is 0 Å². The van der Waals surface area contributed by atoms with E-state index in [-0.39, 0.29) is 18.4 Å². The molecular formula is C13H17N3O2. The van der Waals surface area contributed by atoms with E-state index < -0.39 is 6.04 Å². The van der Waals surface area contributed by atoms with Crippen LogP contribution in [0, 0.1) is 17.2 Å². The molecule has 0 aliphatic carbocycles. The number of nitriles is 1. The Kier molecular flexibility index (Phi) is 5.15. The molecule has 0 saturated heterocycles. The summed E-state index contributed by atoms with van der Waals surface area (Å²) in [5.41, 5.74) is 6.38. The third-order valence-corrected chi connectivity index (χ3v) is 2.45. The molecule has 0 aliphatic rings. The fourth-order valence-corrected chi connectivity index (χ4v) is 1.28. The van der Waals surface area contributed by atoms with Crippen molar-refractivity contribution in [2.75, 3.05) is 11.9 Å². The lowest BCUT2D eigenvalue weighted by molar-refractivity contribution is -0.118. The maximum atomic E-state index is 11.7. The molecule has 18 heavy (non-hydrogen) atoms. The number of amides is 1. The van der Waals surface area contributed by atoms with E-state index in [1.54, 1.807) is 24.3 Å². The molecule has 0 spiro atoms. The number of rotatable bonds is 5. The number of benzene rings is 1. The third-order valence-electron chi connectivity index (χ3n) is 2.45. The van der Waals surface area contributed by atoms with E-state index in [2.05, 4.69) is 5.32 Å². The Bertz CT molecular complexity index is 435. The summed E-state index contributed by atoms with van der Waals surface area (Å²) >= 11 is 0. The minimum Gasteiger partial charge on any atom is -0.479 e. The van der Waals surface area contributed by atoms with Gasteiger partial charge in [0, 0.05) is 5.69 Å². The van der Waals surface area contributed by atoms with Gasteiger partial charge in [-0.15, -0.1) is 0 Å². The minimum absolute atomic E-state index is 0.00390. The normalized spacial score (nSPS) is 11.7. The van der Waals surface area contributed by atoms with Crippen molar-refractivity contribution >= 4 is 11.6 Å². The molecule has 96 valence electrons. The zero-order valence-corrected chi connectivity index (χ0v) is 10.5. The molecule has 5 nitrogen and oxygen atoms in total. The Morgan fingerprint density at radius 2 is 2.06 bits per heavy atom. The Labute approximate surface area is 107 Å². The van der Waals surface area contributed by atoms with E-state index in [0.29, 0.717) is 11.4 Å². The second-order valence-corrected chi connectivity index (χ2v) is 4.23. The van der Waals surface area contributed by atoms with E-state index in [4.69, 9.17) is 15.7 Å². The summed E-state index contributed by atoms with van der Waals surface area (Å²) in [6.07, 6.45) is 0. The van der Waals surface area contributed by atoms with Crippen LogP contribution in [-0.4, -0.2) is 18.6 Å². The molecule has 1 aromatic rings. The number of anilines is 1. The van der Waals surface area contributed by atoms with Gasteiger partial charge in [0.15, 0.2) is 6.61 Å². The van der Waals surface area contributed by atoms with Crippen molar-refractivity contribution < 1.29 is 9.53 Å². The lowest BCUT2D eigenvalue weighted by Crippen LogP contribution is -2.39. The summed E-state index contributed by atoms with van der Waals surface area (Å²) in [5, 5.41) is 11.1. The maximum Gasteiger partial charge on any atom is 0.241 e. The summed E-state index contributed by atoms with van der Waals surface area (Å²) < 4.78 is 5.10. The average Bonchev–Trinajstić information content (AvgIpc) is 2.36. The Morgan fingerprint density at radius 3 is 2.56 bits per heavy atom. The van der Waals surface area contributed by atoms with Crippen LogP contribution in [0.5, 0.6) is 5.75 Å². The van der Waals surface area contributed by atoms with Crippen LogP contribution in [-0.2, 0) is 4.79 Å². The highest BCUT2D eigenvalue weighted by Gasteiger charge is 2.16. The summed E-state index contributed by atoms with van der Waals surface area (Å²) in [6.45, 7) is 3.79. The number of nitrogens with zero attached hydrogens (tertiary/aromatic N) is 1. The van der Waals surface area contributed by atoms with Gasteiger partial charge in [-0.2, -0.15) is 5.26 Å². The average molecular weight is 247 g/mol. The zero-order valence-electron chi connectivity index (χ0n) is 10.5. The van der Waals surface area contributed by atoms with E-state index in [0.717, 1.165) is 0 Å². The number of carbonyl (C=O) groups is 1. The summed E-state index contributed by atoms with van der Waals surface area (Å²) in [4.78, 5) is 11.7. The molecule has 0 unspecified atom stereocenters. The third kappa shape index (κ3) is 4.07.